The van der Waals surface area contributed by atoms with Gasteiger partial charge in [0, 0.05) is 30.1 Å². The molecule has 0 saturated carbocycles. The molecule has 0 aliphatic carbocycles. The van der Waals surface area contributed by atoms with Crippen LogP contribution in [-0.4, -0.2) is 28.5 Å². The van der Waals surface area contributed by atoms with Gasteiger partial charge >= 0.3 is 0 Å². The Labute approximate surface area is 158 Å². The summed E-state index contributed by atoms with van der Waals surface area (Å²) in [6, 6.07) is 9.46. The molecule has 0 N–H and O–H groups in total. The summed E-state index contributed by atoms with van der Waals surface area (Å²) in [5.41, 5.74) is 2.17. The molecule has 2 heterocycles. The van der Waals surface area contributed by atoms with Gasteiger partial charge in [-0.05, 0) is 49.8 Å². The maximum Gasteiger partial charge on any atom is 0.190 e. The Morgan fingerprint density at radius 1 is 1.31 bits per heavy atom. The van der Waals surface area contributed by atoms with Crippen LogP contribution in [-0.2, 0) is 12.2 Å². The van der Waals surface area contributed by atoms with Crippen LogP contribution in [0.4, 0.5) is 5.82 Å². The third-order valence-corrected chi connectivity index (χ3v) is 5.65. The van der Waals surface area contributed by atoms with Gasteiger partial charge in [-0.1, -0.05) is 36.9 Å². The SMILES string of the molecule is CCc1cc(N2CCCC[C@@H]2C)nc(SCc2cccc(C(=O)[O-])c2)n1. The molecule has 26 heavy (non-hydrogen) atoms. The Hall–Kier alpha value is -2.08. The molecule has 1 aliphatic heterocycles. The monoisotopic (exact) mass is 370 g/mol. The van der Waals surface area contributed by atoms with Crippen LogP contribution in [0.3, 0.4) is 0 Å². The molecule has 1 aromatic carbocycles. The van der Waals surface area contributed by atoms with E-state index in [-0.39, 0.29) is 5.56 Å². The minimum absolute atomic E-state index is 0.203. The summed E-state index contributed by atoms with van der Waals surface area (Å²) in [6.07, 6.45) is 4.55. The molecule has 1 atom stereocenters. The van der Waals surface area contributed by atoms with Crippen LogP contribution in [0.1, 0.15) is 54.7 Å². The summed E-state index contributed by atoms with van der Waals surface area (Å²) in [5.74, 6) is 0.487. The lowest BCUT2D eigenvalue weighted by Crippen LogP contribution is -2.38. The number of hydrogen-bond donors (Lipinski definition) is 0. The predicted molar refractivity (Wildman–Crippen MR) is 102 cm³/mol. The number of carboxylic acids is 1. The summed E-state index contributed by atoms with van der Waals surface area (Å²) in [4.78, 5) is 22.8. The zero-order valence-electron chi connectivity index (χ0n) is 15.3. The van der Waals surface area contributed by atoms with Gasteiger partial charge < -0.3 is 14.8 Å². The van der Waals surface area contributed by atoms with E-state index < -0.39 is 5.97 Å². The van der Waals surface area contributed by atoms with Crippen LogP contribution in [0.25, 0.3) is 0 Å². The maximum absolute atomic E-state index is 11.0. The number of carbonyl (C=O) groups excluding carboxylic acids is 1. The van der Waals surface area contributed by atoms with Crippen molar-refractivity contribution in [2.75, 3.05) is 11.4 Å². The molecule has 5 nitrogen and oxygen atoms in total. The Morgan fingerprint density at radius 2 is 2.15 bits per heavy atom. The molecule has 0 amide bonds. The first-order valence-corrected chi connectivity index (χ1v) is 10.1. The van der Waals surface area contributed by atoms with Crippen LogP contribution in [0, 0.1) is 0 Å². The van der Waals surface area contributed by atoms with E-state index >= 15 is 0 Å². The first-order valence-electron chi connectivity index (χ1n) is 9.14. The molecule has 1 aliphatic rings. The Bertz CT molecular complexity index is 781. The maximum atomic E-state index is 11.0. The highest BCUT2D eigenvalue weighted by molar-refractivity contribution is 7.98. The van der Waals surface area contributed by atoms with Crippen molar-refractivity contribution in [1.29, 1.82) is 0 Å². The van der Waals surface area contributed by atoms with Crippen molar-refractivity contribution in [2.45, 2.75) is 56.5 Å². The lowest BCUT2D eigenvalue weighted by atomic mass is 10.0. The van der Waals surface area contributed by atoms with E-state index in [1.165, 1.54) is 19.3 Å². The van der Waals surface area contributed by atoms with Gasteiger partial charge in [0.15, 0.2) is 5.16 Å². The molecule has 6 heteroatoms. The number of carboxylic acid groups (broad SMARTS) is 1. The van der Waals surface area contributed by atoms with Crippen LogP contribution < -0.4 is 10.0 Å². The van der Waals surface area contributed by atoms with Crippen molar-refractivity contribution in [3.63, 3.8) is 0 Å². The van der Waals surface area contributed by atoms with Crippen molar-refractivity contribution in [3.05, 3.63) is 47.2 Å². The van der Waals surface area contributed by atoms with Gasteiger partial charge in [0.25, 0.3) is 0 Å². The van der Waals surface area contributed by atoms with Gasteiger partial charge in [0.2, 0.25) is 0 Å². The number of aromatic carboxylic acids is 1. The number of carbonyl (C=O) groups is 1. The zero-order chi connectivity index (χ0) is 18.5. The van der Waals surface area contributed by atoms with E-state index in [1.807, 2.05) is 6.07 Å². The second-order valence-corrected chi connectivity index (χ2v) is 7.61. The van der Waals surface area contributed by atoms with E-state index in [0.29, 0.717) is 11.8 Å². The number of thioether (sulfide) groups is 1. The molecule has 0 bridgehead atoms. The molecule has 1 saturated heterocycles. The Morgan fingerprint density at radius 3 is 2.88 bits per heavy atom. The van der Waals surface area contributed by atoms with Gasteiger partial charge in [-0.25, -0.2) is 9.97 Å². The van der Waals surface area contributed by atoms with E-state index in [0.717, 1.165) is 35.2 Å². The number of aryl methyl sites for hydroxylation is 1. The number of aromatic nitrogens is 2. The average Bonchev–Trinajstić information content (AvgIpc) is 2.66. The first kappa shape index (κ1) is 18.7. The van der Waals surface area contributed by atoms with E-state index in [9.17, 15) is 9.90 Å². The highest BCUT2D eigenvalue weighted by atomic mass is 32.2. The lowest BCUT2D eigenvalue weighted by Gasteiger charge is -2.34. The molecule has 138 valence electrons. The molecule has 1 aromatic heterocycles. The topological polar surface area (TPSA) is 69.2 Å². The number of piperidine rings is 1. The minimum atomic E-state index is -1.15. The van der Waals surface area contributed by atoms with Crippen molar-refractivity contribution in [3.8, 4) is 0 Å². The average molecular weight is 370 g/mol. The second-order valence-electron chi connectivity index (χ2n) is 6.67. The van der Waals surface area contributed by atoms with Gasteiger partial charge in [-0.2, -0.15) is 0 Å². The first-order chi connectivity index (χ1) is 12.6. The van der Waals surface area contributed by atoms with Crippen molar-refractivity contribution >= 4 is 23.5 Å². The molecule has 0 unspecified atom stereocenters. The fourth-order valence-electron chi connectivity index (χ4n) is 3.23. The van der Waals surface area contributed by atoms with Gasteiger partial charge in [0.1, 0.15) is 5.82 Å². The summed E-state index contributed by atoms with van der Waals surface area (Å²) in [7, 11) is 0. The zero-order valence-corrected chi connectivity index (χ0v) is 16.1. The van der Waals surface area contributed by atoms with Crippen LogP contribution >= 0.6 is 11.8 Å². The third-order valence-electron chi connectivity index (χ3n) is 4.74. The number of anilines is 1. The molecule has 3 rings (SSSR count). The predicted octanol–water partition coefficient (Wildman–Crippen LogP) is 3.07. The smallest absolute Gasteiger partial charge is 0.190 e. The summed E-state index contributed by atoms with van der Waals surface area (Å²) >= 11 is 1.54. The van der Waals surface area contributed by atoms with Gasteiger partial charge in [-0.15, -0.1) is 0 Å². The molecule has 0 radical (unpaired) electrons. The fourth-order valence-corrected chi connectivity index (χ4v) is 4.04. The van der Waals surface area contributed by atoms with E-state index in [1.54, 1.807) is 30.0 Å². The van der Waals surface area contributed by atoms with E-state index in [2.05, 4.69) is 29.8 Å². The van der Waals surface area contributed by atoms with Crippen molar-refractivity contribution < 1.29 is 9.90 Å². The van der Waals surface area contributed by atoms with Crippen molar-refractivity contribution in [2.24, 2.45) is 0 Å². The Balaban J connectivity index is 1.78. The lowest BCUT2D eigenvalue weighted by molar-refractivity contribution is -0.255. The highest BCUT2D eigenvalue weighted by Gasteiger charge is 2.20. The second kappa shape index (κ2) is 8.54. The standard InChI is InChI=1S/C20H25N3O2S/c1-3-17-12-18(23-10-5-4-7-14(23)2)22-20(21-17)26-13-15-8-6-9-16(11-15)19(24)25/h6,8-9,11-12,14H,3-5,7,10,13H2,1-2H3,(H,24,25)/p-1/t14-/m0/s1. The molecular weight excluding hydrogens is 346 g/mol. The number of rotatable bonds is 6. The quantitative estimate of drug-likeness (QED) is 0.575. The number of hydrogen-bond acceptors (Lipinski definition) is 6. The van der Waals surface area contributed by atoms with Crippen LogP contribution in [0.15, 0.2) is 35.5 Å². The van der Waals surface area contributed by atoms with Crippen molar-refractivity contribution in [1.82, 2.24) is 9.97 Å². The molecule has 0 spiro atoms. The Kier molecular flexibility index (Phi) is 6.14. The largest absolute Gasteiger partial charge is 0.545 e. The van der Waals surface area contributed by atoms with Crippen LogP contribution in [0.5, 0.6) is 0 Å². The van der Waals surface area contributed by atoms with Gasteiger partial charge in [0.05, 0.1) is 5.97 Å². The molecular formula is C20H24N3O2S-. The molecule has 2 aromatic rings. The summed E-state index contributed by atoms with van der Waals surface area (Å²) < 4.78 is 0. The third kappa shape index (κ3) is 4.55. The number of nitrogens with zero attached hydrogens (tertiary/aromatic N) is 3. The van der Waals surface area contributed by atoms with Crippen LogP contribution in [0.2, 0.25) is 0 Å². The summed E-state index contributed by atoms with van der Waals surface area (Å²) in [6.45, 7) is 5.40. The summed E-state index contributed by atoms with van der Waals surface area (Å²) in [5, 5.41) is 11.8. The molecule has 1 fully saturated rings. The minimum Gasteiger partial charge on any atom is -0.545 e. The van der Waals surface area contributed by atoms with E-state index in [4.69, 9.17) is 4.98 Å². The fraction of sp³-hybridized carbons (Fsp3) is 0.450. The number of benzene rings is 1. The van der Waals surface area contributed by atoms with Gasteiger partial charge in [-0.3, -0.25) is 0 Å². The normalized spacial score (nSPS) is 17.3. The highest BCUT2D eigenvalue weighted by Crippen LogP contribution is 2.27.